The first-order chi connectivity index (χ1) is 6.53. The van der Waals surface area contributed by atoms with Crippen molar-refractivity contribution in [3.63, 3.8) is 0 Å². The molecule has 1 saturated heterocycles. The zero-order chi connectivity index (χ0) is 10.6. The third-order valence-electron chi connectivity index (χ3n) is 2.78. The molecule has 0 aromatic carbocycles. The van der Waals surface area contributed by atoms with Crippen LogP contribution in [0.4, 0.5) is 13.2 Å². The van der Waals surface area contributed by atoms with Crippen LogP contribution in [0.1, 0.15) is 25.7 Å². The maximum Gasteiger partial charge on any atom is 0.389 e. The van der Waals surface area contributed by atoms with Crippen molar-refractivity contribution in [1.29, 1.82) is 0 Å². The fourth-order valence-corrected chi connectivity index (χ4v) is 3.57. The van der Waals surface area contributed by atoms with E-state index in [4.69, 9.17) is 4.74 Å². The lowest BCUT2D eigenvalue weighted by Crippen LogP contribution is -2.34. The summed E-state index contributed by atoms with van der Waals surface area (Å²) in [5.74, 6) is 0.169. The van der Waals surface area contributed by atoms with Crippen molar-refractivity contribution >= 4 is 9.52 Å². The lowest BCUT2D eigenvalue weighted by atomic mass is 9.96. The molecule has 0 aliphatic carbocycles. The van der Waals surface area contributed by atoms with Gasteiger partial charge in [0.25, 0.3) is 0 Å². The molecular formula is C9H17F3OSi. The summed E-state index contributed by atoms with van der Waals surface area (Å²) >= 11 is 0. The molecule has 1 aliphatic rings. The van der Waals surface area contributed by atoms with Crippen LogP contribution in [0.5, 0.6) is 0 Å². The zero-order valence-corrected chi connectivity index (χ0v) is 9.85. The van der Waals surface area contributed by atoms with Gasteiger partial charge in [0, 0.05) is 18.8 Å². The summed E-state index contributed by atoms with van der Waals surface area (Å²) in [5, 5.41) is 0. The first kappa shape index (κ1) is 12.0. The van der Waals surface area contributed by atoms with Crippen molar-refractivity contribution in [2.24, 2.45) is 5.92 Å². The molecular weight excluding hydrogens is 209 g/mol. The molecule has 1 fully saturated rings. The number of rotatable bonds is 3. The average molecular weight is 226 g/mol. The van der Waals surface area contributed by atoms with Gasteiger partial charge in [0.2, 0.25) is 0 Å². The minimum absolute atomic E-state index is 0.169. The molecule has 0 radical (unpaired) electrons. The Hall–Kier alpha value is -0.0331. The van der Waals surface area contributed by atoms with E-state index in [-0.39, 0.29) is 27.6 Å². The Kier molecular flexibility index (Phi) is 4.44. The maximum atomic E-state index is 12.0. The second kappa shape index (κ2) is 5.16. The second-order valence-electron chi connectivity index (χ2n) is 3.87. The number of hydrogen-bond donors (Lipinski definition) is 0. The van der Waals surface area contributed by atoms with Crippen LogP contribution in [-0.2, 0) is 4.74 Å². The van der Waals surface area contributed by atoms with Crippen LogP contribution in [0.15, 0.2) is 0 Å². The summed E-state index contributed by atoms with van der Waals surface area (Å²) < 4.78 is 41.5. The lowest BCUT2D eigenvalue weighted by molar-refractivity contribution is -0.140. The summed E-state index contributed by atoms with van der Waals surface area (Å²) in [6.07, 6.45) is -2.55. The first-order valence-electron chi connectivity index (χ1n) is 5.21. The number of hydrogen-bond acceptors (Lipinski definition) is 1. The topological polar surface area (TPSA) is 9.23 Å². The van der Waals surface area contributed by atoms with E-state index >= 15 is 0 Å². The Morgan fingerprint density at radius 3 is 2.71 bits per heavy atom. The normalized spacial score (nSPS) is 30.0. The third kappa shape index (κ3) is 4.00. The highest BCUT2D eigenvalue weighted by Crippen LogP contribution is 2.30. The Balaban J connectivity index is 2.33. The standard InChI is InChI=1S/C9H17F3OSi/c1-14-8-7(3-2-6-13-8)4-5-9(10,11)12/h7-8H,2-6,14H2,1H3. The first-order valence-corrected chi connectivity index (χ1v) is 7.44. The highest BCUT2D eigenvalue weighted by molar-refractivity contribution is 6.35. The highest BCUT2D eigenvalue weighted by atomic mass is 28.2. The molecule has 1 aliphatic heterocycles. The van der Waals surface area contributed by atoms with E-state index in [1.54, 1.807) is 0 Å². The van der Waals surface area contributed by atoms with Gasteiger partial charge < -0.3 is 4.74 Å². The largest absolute Gasteiger partial charge is 0.389 e. The molecule has 0 N–H and O–H groups in total. The molecule has 0 aromatic heterocycles. The predicted molar refractivity (Wildman–Crippen MR) is 52.2 cm³/mol. The molecule has 5 heteroatoms. The maximum absolute atomic E-state index is 12.0. The van der Waals surface area contributed by atoms with Crippen LogP contribution in [0, 0.1) is 5.92 Å². The van der Waals surface area contributed by atoms with Gasteiger partial charge in [-0.15, -0.1) is 0 Å². The van der Waals surface area contributed by atoms with Gasteiger partial charge >= 0.3 is 6.18 Å². The minimum Gasteiger partial charge on any atom is -0.382 e. The SMILES string of the molecule is C[SiH2]C1OCCCC1CCC(F)(F)F. The molecule has 0 bridgehead atoms. The van der Waals surface area contributed by atoms with E-state index in [1.807, 2.05) is 0 Å². The zero-order valence-electron chi connectivity index (χ0n) is 8.44. The smallest absolute Gasteiger partial charge is 0.382 e. The summed E-state index contributed by atoms with van der Waals surface area (Å²) in [7, 11) is -0.333. The summed E-state index contributed by atoms with van der Waals surface area (Å²) in [4.78, 5) is 0. The number of halogens is 3. The van der Waals surface area contributed by atoms with E-state index in [2.05, 4.69) is 6.55 Å². The Bertz CT molecular complexity index is 172. The minimum atomic E-state index is -4.00. The van der Waals surface area contributed by atoms with Gasteiger partial charge in [-0.3, -0.25) is 0 Å². The van der Waals surface area contributed by atoms with Gasteiger partial charge in [-0.05, 0) is 25.2 Å². The average Bonchev–Trinajstić information content (AvgIpc) is 2.14. The van der Waals surface area contributed by atoms with Crippen LogP contribution in [0.25, 0.3) is 0 Å². The van der Waals surface area contributed by atoms with Crippen molar-refractivity contribution in [2.45, 2.75) is 44.1 Å². The fraction of sp³-hybridized carbons (Fsp3) is 1.00. The van der Waals surface area contributed by atoms with E-state index in [1.165, 1.54) is 0 Å². The van der Waals surface area contributed by atoms with Crippen LogP contribution in [0.2, 0.25) is 6.55 Å². The third-order valence-corrected chi connectivity index (χ3v) is 4.49. The molecule has 84 valence electrons. The highest BCUT2D eigenvalue weighted by Gasteiger charge is 2.31. The van der Waals surface area contributed by atoms with Crippen LogP contribution in [0.3, 0.4) is 0 Å². The van der Waals surface area contributed by atoms with Gasteiger partial charge in [-0.1, -0.05) is 6.55 Å². The number of alkyl halides is 3. The summed E-state index contributed by atoms with van der Waals surface area (Å²) in [5.41, 5.74) is 0.186. The molecule has 0 aromatic rings. The van der Waals surface area contributed by atoms with Crippen molar-refractivity contribution < 1.29 is 17.9 Å². The molecule has 0 saturated carbocycles. The molecule has 1 heterocycles. The van der Waals surface area contributed by atoms with E-state index in [9.17, 15) is 13.2 Å². The van der Waals surface area contributed by atoms with Gasteiger partial charge in [0.1, 0.15) is 0 Å². The van der Waals surface area contributed by atoms with Crippen LogP contribution < -0.4 is 0 Å². The molecule has 14 heavy (non-hydrogen) atoms. The van der Waals surface area contributed by atoms with E-state index in [0.717, 1.165) is 19.4 Å². The summed E-state index contributed by atoms with van der Waals surface area (Å²) in [6.45, 7) is 2.85. The molecule has 0 spiro atoms. The quantitative estimate of drug-likeness (QED) is 0.671. The lowest BCUT2D eigenvalue weighted by Gasteiger charge is -2.31. The Labute approximate surface area is 84.8 Å². The molecule has 2 unspecified atom stereocenters. The van der Waals surface area contributed by atoms with Gasteiger partial charge in [0.15, 0.2) is 0 Å². The number of ether oxygens (including phenoxy) is 1. The molecule has 1 nitrogen and oxygen atoms in total. The van der Waals surface area contributed by atoms with Gasteiger partial charge in [0.05, 0.1) is 9.52 Å². The van der Waals surface area contributed by atoms with Crippen LogP contribution >= 0.6 is 0 Å². The van der Waals surface area contributed by atoms with Crippen molar-refractivity contribution in [3.8, 4) is 0 Å². The van der Waals surface area contributed by atoms with Crippen molar-refractivity contribution in [1.82, 2.24) is 0 Å². The second-order valence-corrected chi connectivity index (χ2v) is 5.49. The molecule has 0 amide bonds. The van der Waals surface area contributed by atoms with Crippen molar-refractivity contribution in [3.05, 3.63) is 0 Å². The Morgan fingerprint density at radius 1 is 1.43 bits per heavy atom. The molecule has 1 rings (SSSR count). The van der Waals surface area contributed by atoms with Crippen molar-refractivity contribution in [2.75, 3.05) is 6.61 Å². The Morgan fingerprint density at radius 2 is 2.14 bits per heavy atom. The van der Waals surface area contributed by atoms with Crippen LogP contribution in [-0.4, -0.2) is 28.0 Å². The van der Waals surface area contributed by atoms with Gasteiger partial charge in [-0.25, -0.2) is 0 Å². The van der Waals surface area contributed by atoms with Gasteiger partial charge in [-0.2, -0.15) is 13.2 Å². The van der Waals surface area contributed by atoms with E-state index in [0.29, 0.717) is 0 Å². The fourth-order valence-electron chi connectivity index (χ4n) is 2.03. The molecule has 2 atom stereocenters. The summed E-state index contributed by atoms with van der Waals surface area (Å²) in [6, 6.07) is 0. The predicted octanol–water partition coefficient (Wildman–Crippen LogP) is 2.30. The monoisotopic (exact) mass is 226 g/mol. The van der Waals surface area contributed by atoms with E-state index < -0.39 is 12.6 Å².